The summed E-state index contributed by atoms with van der Waals surface area (Å²) in [5, 5.41) is 11.6. The largest absolute Gasteiger partial charge is 0.505 e. The van der Waals surface area contributed by atoms with Crippen LogP contribution in [0.4, 0.5) is 10.1 Å². The lowest BCUT2D eigenvalue weighted by atomic mass is 10.2. The number of phenolic OH excluding ortho intramolecular Hbond substituents is 1. The van der Waals surface area contributed by atoms with Crippen LogP contribution < -0.4 is 5.32 Å². The molecule has 0 atom stereocenters. The first-order chi connectivity index (χ1) is 8.47. The van der Waals surface area contributed by atoms with Crippen LogP contribution in [-0.2, 0) is 0 Å². The van der Waals surface area contributed by atoms with Crippen molar-refractivity contribution >= 4 is 54.8 Å². The Morgan fingerprint density at radius 3 is 2.61 bits per heavy atom. The van der Waals surface area contributed by atoms with E-state index in [9.17, 15) is 9.18 Å². The fourth-order valence-electron chi connectivity index (χ4n) is 1.28. The van der Waals surface area contributed by atoms with E-state index in [2.05, 4.69) is 37.2 Å². The highest BCUT2D eigenvalue weighted by Crippen LogP contribution is 2.32. The van der Waals surface area contributed by atoms with E-state index in [1.54, 1.807) is 6.07 Å². The first kappa shape index (κ1) is 13.5. The van der Waals surface area contributed by atoms with Gasteiger partial charge in [0.05, 0.1) is 13.1 Å². The Balaban J connectivity index is 2.21. The number of halogens is 3. The minimum atomic E-state index is -0.779. The van der Waals surface area contributed by atoms with Gasteiger partial charge in [-0.1, -0.05) is 0 Å². The van der Waals surface area contributed by atoms with Crippen molar-refractivity contribution in [2.45, 2.75) is 0 Å². The summed E-state index contributed by atoms with van der Waals surface area (Å²) in [6, 6.07) is 5.33. The summed E-state index contributed by atoms with van der Waals surface area (Å²) in [7, 11) is 0. The number of amides is 1. The second-order valence-electron chi connectivity index (χ2n) is 3.36. The number of carbonyl (C=O) groups excluding carboxylic acids is 1. The van der Waals surface area contributed by atoms with Gasteiger partial charge >= 0.3 is 0 Å². The molecule has 0 aliphatic carbocycles. The molecule has 1 heterocycles. The number of rotatable bonds is 2. The van der Waals surface area contributed by atoms with E-state index in [-0.39, 0.29) is 11.6 Å². The molecule has 0 bridgehead atoms. The number of thiophene rings is 1. The van der Waals surface area contributed by atoms with Crippen LogP contribution in [0.2, 0.25) is 0 Å². The molecule has 0 saturated carbocycles. The number of carbonyl (C=O) groups is 1. The van der Waals surface area contributed by atoms with Crippen molar-refractivity contribution < 1.29 is 14.3 Å². The number of nitrogens with one attached hydrogen (secondary N) is 1. The zero-order valence-corrected chi connectivity index (χ0v) is 12.7. The minimum Gasteiger partial charge on any atom is -0.505 e. The van der Waals surface area contributed by atoms with E-state index in [1.807, 2.05) is 0 Å². The average molecular weight is 395 g/mol. The molecular formula is C11H6Br2FNO2S. The van der Waals surface area contributed by atoms with Gasteiger partial charge in [-0.2, -0.15) is 0 Å². The first-order valence-electron chi connectivity index (χ1n) is 4.72. The van der Waals surface area contributed by atoms with Crippen molar-refractivity contribution in [3.63, 3.8) is 0 Å². The molecule has 18 heavy (non-hydrogen) atoms. The van der Waals surface area contributed by atoms with E-state index in [0.717, 1.165) is 9.85 Å². The van der Waals surface area contributed by atoms with Crippen LogP contribution in [-0.4, -0.2) is 11.0 Å². The highest BCUT2D eigenvalue weighted by atomic mass is 79.9. The lowest BCUT2D eigenvalue weighted by molar-refractivity contribution is 0.102. The minimum absolute atomic E-state index is 0.282. The van der Waals surface area contributed by atoms with Gasteiger partial charge in [0.15, 0.2) is 11.6 Å². The quantitative estimate of drug-likeness (QED) is 0.743. The highest BCUT2D eigenvalue weighted by Gasteiger charge is 2.14. The molecule has 0 aliphatic heterocycles. The Kier molecular flexibility index (Phi) is 4.04. The summed E-state index contributed by atoms with van der Waals surface area (Å²) in [6.45, 7) is 0. The molecule has 0 spiro atoms. The van der Waals surface area contributed by atoms with Gasteiger partial charge in [0.2, 0.25) is 0 Å². The molecule has 2 aromatic rings. The molecule has 0 unspecified atom stereocenters. The number of benzene rings is 1. The summed E-state index contributed by atoms with van der Waals surface area (Å²) in [4.78, 5) is 11.9. The van der Waals surface area contributed by atoms with Crippen molar-refractivity contribution in [2.24, 2.45) is 0 Å². The van der Waals surface area contributed by atoms with E-state index in [1.165, 1.54) is 23.5 Å². The normalized spacial score (nSPS) is 10.4. The lowest BCUT2D eigenvalue weighted by Crippen LogP contribution is -2.11. The molecule has 2 N–H and O–H groups in total. The van der Waals surface area contributed by atoms with Crippen LogP contribution in [0, 0.1) is 5.82 Å². The molecule has 7 heteroatoms. The molecule has 1 aromatic heterocycles. The summed E-state index contributed by atoms with van der Waals surface area (Å²) in [5.41, 5.74) is 0.741. The van der Waals surface area contributed by atoms with E-state index < -0.39 is 11.6 Å². The van der Waals surface area contributed by atoms with Gasteiger partial charge in [-0.05, 0) is 50.1 Å². The summed E-state index contributed by atoms with van der Waals surface area (Å²) in [5.74, 6) is -1.58. The second kappa shape index (κ2) is 5.38. The third-order valence-electron chi connectivity index (χ3n) is 2.11. The maximum Gasteiger partial charge on any atom is 0.257 e. The van der Waals surface area contributed by atoms with Crippen molar-refractivity contribution in [3.05, 3.63) is 43.2 Å². The number of aromatic hydroxyl groups is 1. The van der Waals surface area contributed by atoms with Gasteiger partial charge in [-0.15, -0.1) is 11.3 Å². The number of hydrogen-bond donors (Lipinski definition) is 2. The molecular weight excluding hydrogens is 389 g/mol. The Morgan fingerprint density at radius 1 is 1.33 bits per heavy atom. The fourth-order valence-corrected chi connectivity index (χ4v) is 4.07. The smallest absolute Gasteiger partial charge is 0.257 e. The van der Waals surface area contributed by atoms with Gasteiger partial charge in [-0.25, -0.2) is 4.39 Å². The predicted molar refractivity (Wildman–Crippen MR) is 75.7 cm³/mol. The first-order valence-corrected chi connectivity index (χ1v) is 7.12. The van der Waals surface area contributed by atoms with Crippen LogP contribution in [0.1, 0.15) is 10.4 Å². The lowest BCUT2D eigenvalue weighted by Gasteiger charge is -2.05. The monoisotopic (exact) mass is 393 g/mol. The molecule has 1 amide bonds. The van der Waals surface area contributed by atoms with Gasteiger partial charge in [0, 0.05) is 11.8 Å². The zero-order chi connectivity index (χ0) is 13.3. The Morgan fingerprint density at radius 2 is 2.06 bits per heavy atom. The van der Waals surface area contributed by atoms with Gasteiger partial charge in [0.25, 0.3) is 5.91 Å². The highest BCUT2D eigenvalue weighted by molar-refractivity contribution is 9.12. The average Bonchev–Trinajstić information content (AvgIpc) is 2.63. The predicted octanol–water partition coefficient (Wildman–Crippen LogP) is 4.37. The van der Waals surface area contributed by atoms with E-state index in [0.29, 0.717) is 9.35 Å². The zero-order valence-electron chi connectivity index (χ0n) is 8.71. The van der Waals surface area contributed by atoms with Crippen LogP contribution >= 0.6 is 43.2 Å². The molecule has 2 rings (SSSR count). The summed E-state index contributed by atoms with van der Waals surface area (Å²) >= 11 is 7.92. The number of phenols is 1. The van der Waals surface area contributed by atoms with Gasteiger partial charge in [-0.3, -0.25) is 4.79 Å². The SMILES string of the molecule is O=C(Nc1ccc(O)c(F)c1)c1cc(Br)sc1Br. The van der Waals surface area contributed by atoms with Crippen molar-refractivity contribution in [2.75, 3.05) is 5.32 Å². The van der Waals surface area contributed by atoms with Crippen LogP contribution in [0.15, 0.2) is 31.8 Å². The maximum absolute atomic E-state index is 13.1. The summed E-state index contributed by atoms with van der Waals surface area (Å²) in [6.07, 6.45) is 0. The molecule has 94 valence electrons. The van der Waals surface area contributed by atoms with Crippen LogP contribution in [0.3, 0.4) is 0 Å². The fraction of sp³-hybridized carbons (Fsp3) is 0. The Labute approximate surface area is 123 Å². The van der Waals surface area contributed by atoms with Crippen molar-refractivity contribution in [1.29, 1.82) is 0 Å². The van der Waals surface area contributed by atoms with Crippen molar-refractivity contribution in [3.8, 4) is 5.75 Å². The molecule has 1 aromatic carbocycles. The van der Waals surface area contributed by atoms with Gasteiger partial charge < -0.3 is 10.4 Å². The second-order valence-corrected chi connectivity index (χ2v) is 7.11. The standard InChI is InChI=1S/C11H6Br2FNO2S/c12-9-4-6(10(13)18-9)11(17)15-5-1-2-8(16)7(14)3-5/h1-4,16H,(H,15,17). The van der Waals surface area contributed by atoms with E-state index in [4.69, 9.17) is 5.11 Å². The van der Waals surface area contributed by atoms with Crippen molar-refractivity contribution in [1.82, 2.24) is 0 Å². The van der Waals surface area contributed by atoms with Crippen LogP contribution in [0.25, 0.3) is 0 Å². The van der Waals surface area contributed by atoms with Gasteiger partial charge in [0.1, 0.15) is 0 Å². The Bertz CT molecular complexity index is 615. The third-order valence-corrected chi connectivity index (χ3v) is 4.45. The Hall–Kier alpha value is -0.920. The summed E-state index contributed by atoms with van der Waals surface area (Å²) < 4.78 is 14.6. The molecule has 0 radical (unpaired) electrons. The molecule has 0 fully saturated rings. The molecule has 3 nitrogen and oxygen atoms in total. The maximum atomic E-state index is 13.1. The van der Waals surface area contributed by atoms with E-state index >= 15 is 0 Å². The molecule has 0 saturated heterocycles. The molecule has 0 aliphatic rings. The topological polar surface area (TPSA) is 49.3 Å². The third kappa shape index (κ3) is 2.90. The number of anilines is 1. The van der Waals surface area contributed by atoms with Crippen LogP contribution in [0.5, 0.6) is 5.75 Å². The number of hydrogen-bond acceptors (Lipinski definition) is 3.